The maximum absolute atomic E-state index is 6.34. The highest BCUT2D eigenvalue weighted by Crippen LogP contribution is 2.44. The predicted octanol–water partition coefficient (Wildman–Crippen LogP) is 12.5. The minimum absolute atomic E-state index is 0.629. The first-order valence-electron chi connectivity index (χ1n) is 17.9. The monoisotopic (exact) mass is 676 g/mol. The third-order valence-electron chi connectivity index (χ3n) is 10.9. The largest absolute Gasteiger partial charge is 0.456 e. The molecular weight excluding hydrogens is 649 g/mol. The number of nitrogens with zero attached hydrogens (tertiary/aromatic N) is 4. The quantitative estimate of drug-likeness (QED) is 0.187. The summed E-state index contributed by atoms with van der Waals surface area (Å²) in [7, 11) is 0. The smallest absolute Gasteiger partial charge is 0.235 e. The summed E-state index contributed by atoms with van der Waals surface area (Å²) >= 11 is 0. The lowest BCUT2D eigenvalue weighted by molar-refractivity contribution is 0.669. The topological polar surface area (TPSA) is 48.8 Å². The van der Waals surface area contributed by atoms with Crippen LogP contribution in [0.5, 0.6) is 0 Å². The molecule has 5 heteroatoms. The summed E-state index contributed by atoms with van der Waals surface area (Å²) in [5.74, 6) is 0.629. The van der Waals surface area contributed by atoms with Crippen LogP contribution in [-0.2, 0) is 0 Å². The Morgan fingerprint density at radius 2 is 1.04 bits per heavy atom. The van der Waals surface area contributed by atoms with Crippen molar-refractivity contribution in [2.75, 3.05) is 0 Å². The lowest BCUT2D eigenvalue weighted by Crippen LogP contribution is -2.03. The summed E-state index contributed by atoms with van der Waals surface area (Å²) < 4.78 is 11.0. The van der Waals surface area contributed by atoms with E-state index in [0.29, 0.717) is 5.95 Å². The number of hydrogen-bond donors (Lipinski definition) is 0. The van der Waals surface area contributed by atoms with Crippen LogP contribution in [0.25, 0.3) is 110 Å². The van der Waals surface area contributed by atoms with Gasteiger partial charge in [0.05, 0.1) is 33.3 Å². The Kier molecular flexibility index (Phi) is 5.71. The van der Waals surface area contributed by atoms with Crippen LogP contribution in [0.2, 0.25) is 0 Å². The summed E-state index contributed by atoms with van der Waals surface area (Å²) in [5, 5.41) is 10.4. The van der Waals surface area contributed by atoms with Gasteiger partial charge in [0.15, 0.2) is 0 Å². The second-order valence-electron chi connectivity index (χ2n) is 13.8. The van der Waals surface area contributed by atoms with E-state index in [1.165, 1.54) is 37.8 Å². The van der Waals surface area contributed by atoms with Gasteiger partial charge in [-0.3, -0.25) is 4.57 Å². The van der Waals surface area contributed by atoms with Gasteiger partial charge in [-0.1, -0.05) is 109 Å². The Hall–Kier alpha value is -7.24. The zero-order valence-electron chi connectivity index (χ0n) is 28.4. The molecule has 53 heavy (non-hydrogen) atoms. The van der Waals surface area contributed by atoms with Crippen LogP contribution >= 0.6 is 0 Å². The second kappa shape index (κ2) is 10.6. The lowest BCUT2D eigenvalue weighted by Gasteiger charge is -2.12. The van der Waals surface area contributed by atoms with Gasteiger partial charge in [-0.15, -0.1) is 0 Å². The highest BCUT2D eigenvalue weighted by molar-refractivity contribution is 6.33. The van der Waals surface area contributed by atoms with Gasteiger partial charge in [0, 0.05) is 49.0 Å². The van der Waals surface area contributed by atoms with Crippen molar-refractivity contribution in [2.24, 2.45) is 0 Å². The number of para-hydroxylation sites is 4. The summed E-state index contributed by atoms with van der Waals surface area (Å²) in [6, 6.07) is 60.0. The van der Waals surface area contributed by atoms with Crippen molar-refractivity contribution in [3.8, 4) is 22.9 Å². The summed E-state index contributed by atoms with van der Waals surface area (Å²) in [6.07, 6.45) is 0. The van der Waals surface area contributed by atoms with E-state index in [1.807, 2.05) is 18.2 Å². The fourth-order valence-corrected chi connectivity index (χ4v) is 8.66. The first-order chi connectivity index (χ1) is 26.3. The van der Waals surface area contributed by atoms with Crippen molar-refractivity contribution >= 4 is 87.2 Å². The van der Waals surface area contributed by atoms with Crippen LogP contribution in [0.15, 0.2) is 174 Å². The number of rotatable bonds is 3. The third-order valence-corrected chi connectivity index (χ3v) is 10.9. The molecule has 0 unspecified atom stereocenters. The van der Waals surface area contributed by atoms with Gasteiger partial charge in [-0.2, -0.15) is 0 Å². The number of furan rings is 1. The molecule has 4 aromatic heterocycles. The fraction of sp³-hybridized carbons (Fsp3) is 0. The number of hydrogen-bond acceptors (Lipinski definition) is 3. The highest BCUT2D eigenvalue weighted by atomic mass is 16.3. The average Bonchev–Trinajstić information content (AvgIpc) is 3.88. The maximum Gasteiger partial charge on any atom is 0.235 e. The number of aromatic nitrogens is 4. The van der Waals surface area contributed by atoms with Gasteiger partial charge < -0.3 is 8.98 Å². The molecule has 0 bridgehead atoms. The van der Waals surface area contributed by atoms with E-state index in [4.69, 9.17) is 14.4 Å². The summed E-state index contributed by atoms with van der Waals surface area (Å²) in [4.78, 5) is 10.8. The first kappa shape index (κ1) is 28.5. The molecule has 12 aromatic rings. The molecule has 0 aliphatic carbocycles. The Bertz CT molecular complexity index is 3460. The maximum atomic E-state index is 6.34. The van der Waals surface area contributed by atoms with Gasteiger partial charge in [0.2, 0.25) is 5.95 Å². The van der Waals surface area contributed by atoms with Crippen molar-refractivity contribution in [2.45, 2.75) is 0 Å². The van der Waals surface area contributed by atoms with Gasteiger partial charge in [-0.25, -0.2) is 9.97 Å². The zero-order chi connectivity index (χ0) is 34.6. The molecule has 5 nitrogen and oxygen atoms in total. The van der Waals surface area contributed by atoms with E-state index in [1.54, 1.807) is 0 Å². The normalized spacial score (nSPS) is 12.2. The second-order valence-corrected chi connectivity index (χ2v) is 13.8. The summed E-state index contributed by atoms with van der Waals surface area (Å²) in [6.45, 7) is 0. The van der Waals surface area contributed by atoms with Crippen LogP contribution in [-0.4, -0.2) is 19.1 Å². The molecule has 0 aliphatic rings. The van der Waals surface area contributed by atoms with Crippen molar-refractivity contribution in [1.82, 2.24) is 19.1 Å². The summed E-state index contributed by atoms with van der Waals surface area (Å²) in [5.41, 5.74) is 10.1. The van der Waals surface area contributed by atoms with E-state index in [-0.39, 0.29) is 0 Å². The molecular formula is C48H28N4O. The fourth-order valence-electron chi connectivity index (χ4n) is 8.66. The standard InChI is InChI=1S/C48H28N4O/c1-2-13-31(14-3-1)51-38-20-10-7-18-36(38)45-39(51)26-27-41-46(45)44-32-15-5-4-12-29(32)23-25-40(44)52(41)48-49-37-19-9-6-17-35(37)47(50-48)30-22-24-34-33-16-8-11-21-42(33)53-43(34)28-30/h1-28H. The molecule has 0 fully saturated rings. The predicted molar refractivity (Wildman–Crippen MR) is 218 cm³/mol. The molecule has 246 valence electrons. The van der Waals surface area contributed by atoms with E-state index < -0.39 is 0 Å². The van der Waals surface area contributed by atoms with Gasteiger partial charge in [-0.05, 0) is 71.4 Å². The van der Waals surface area contributed by atoms with Crippen molar-refractivity contribution in [3.63, 3.8) is 0 Å². The molecule has 0 saturated carbocycles. The third kappa shape index (κ3) is 3.96. The lowest BCUT2D eigenvalue weighted by atomic mass is 10.0. The first-order valence-corrected chi connectivity index (χ1v) is 17.9. The van der Waals surface area contributed by atoms with E-state index in [2.05, 4.69) is 161 Å². The minimum atomic E-state index is 0.629. The molecule has 0 saturated heterocycles. The average molecular weight is 677 g/mol. The Balaban J connectivity index is 1.22. The van der Waals surface area contributed by atoms with Crippen molar-refractivity contribution < 1.29 is 4.42 Å². The van der Waals surface area contributed by atoms with Crippen molar-refractivity contribution in [1.29, 1.82) is 0 Å². The Labute approximate surface area is 302 Å². The van der Waals surface area contributed by atoms with Gasteiger partial charge in [0.25, 0.3) is 0 Å². The van der Waals surface area contributed by atoms with Gasteiger partial charge in [0.1, 0.15) is 11.2 Å². The minimum Gasteiger partial charge on any atom is -0.456 e. The van der Waals surface area contributed by atoms with E-state index in [0.717, 1.165) is 66.3 Å². The molecule has 0 radical (unpaired) electrons. The molecule has 12 rings (SSSR count). The highest BCUT2D eigenvalue weighted by Gasteiger charge is 2.24. The molecule has 4 heterocycles. The van der Waals surface area contributed by atoms with E-state index >= 15 is 0 Å². The Morgan fingerprint density at radius 1 is 0.396 bits per heavy atom. The molecule has 0 N–H and O–H groups in total. The van der Waals surface area contributed by atoms with Crippen molar-refractivity contribution in [3.05, 3.63) is 170 Å². The van der Waals surface area contributed by atoms with Crippen LogP contribution in [0.1, 0.15) is 0 Å². The Morgan fingerprint density at radius 3 is 1.92 bits per heavy atom. The van der Waals surface area contributed by atoms with Gasteiger partial charge >= 0.3 is 0 Å². The molecule has 0 atom stereocenters. The van der Waals surface area contributed by atoms with Crippen LogP contribution < -0.4 is 0 Å². The zero-order valence-corrected chi connectivity index (χ0v) is 28.4. The molecule has 0 spiro atoms. The molecule has 8 aromatic carbocycles. The van der Waals surface area contributed by atoms with Crippen LogP contribution in [0.4, 0.5) is 0 Å². The van der Waals surface area contributed by atoms with E-state index in [9.17, 15) is 0 Å². The van der Waals surface area contributed by atoms with Crippen LogP contribution in [0.3, 0.4) is 0 Å². The van der Waals surface area contributed by atoms with Crippen LogP contribution in [0, 0.1) is 0 Å². The number of fused-ring (bicyclic) bond motifs is 13. The SMILES string of the molecule is c1ccc(-n2c3ccccc3c3c4c5c6ccccc6ccc5n(-c5nc(-c6ccc7c(c6)oc6ccccc67)c6ccccc6n5)c4ccc32)cc1. The molecule has 0 aliphatic heterocycles. The molecule has 0 amide bonds. The number of benzene rings is 8.